The van der Waals surface area contributed by atoms with Gasteiger partial charge in [-0.1, -0.05) is 0 Å². The molecular weight excluding hydrogens is 235 g/mol. The zero-order valence-electron chi connectivity index (χ0n) is 9.94. The average Bonchev–Trinajstić information content (AvgIpc) is 3.20. The van der Waals surface area contributed by atoms with E-state index in [2.05, 4.69) is 11.4 Å². The van der Waals surface area contributed by atoms with Gasteiger partial charge in [-0.2, -0.15) is 5.26 Å². The number of rotatable bonds is 4. The quantitative estimate of drug-likeness (QED) is 0.884. The number of nitrogens with one attached hydrogen (secondary N) is 1. The number of hydrogen-bond acceptors (Lipinski definition) is 3. The summed E-state index contributed by atoms with van der Waals surface area (Å²) in [6, 6.07) is 5.47. The molecule has 1 amide bonds. The molecule has 2 rings (SSSR count). The lowest BCUT2D eigenvalue weighted by molar-refractivity contribution is 0.0941. The van der Waals surface area contributed by atoms with Crippen LogP contribution in [-0.4, -0.2) is 19.1 Å². The molecule has 0 spiro atoms. The van der Waals surface area contributed by atoms with E-state index in [0.717, 1.165) is 12.8 Å². The number of carbonyl (C=O) groups excluding carboxylic acids is 1. The first-order valence-electron chi connectivity index (χ1n) is 5.69. The largest absolute Gasteiger partial charge is 0.494 e. The van der Waals surface area contributed by atoms with Gasteiger partial charge in [0, 0.05) is 5.56 Å². The summed E-state index contributed by atoms with van der Waals surface area (Å²) < 4.78 is 18.0. The molecule has 1 atom stereocenters. The van der Waals surface area contributed by atoms with Gasteiger partial charge in [-0.3, -0.25) is 4.79 Å². The Balaban J connectivity index is 2.11. The first kappa shape index (κ1) is 12.4. The molecule has 1 aliphatic carbocycles. The van der Waals surface area contributed by atoms with Crippen LogP contribution in [-0.2, 0) is 0 Å². The van der Waals surface area contributed by atoms with Crippen LogP contribution in [0.2, 0.25) is 0 Å². The first-order valence-corrected chi connectivity index (χ1v) is 5.69. The van der Waals surface area contributed by atoms with Crippen LogP contribution in [0.3, 0.4) is 0 Å². The molecule has 1 fully saturated rings. The van der Waals surface area contributed by atoms with Crippen molar-refractivity contribution in [2.75, 3.05) is 7.11 Å². The van der Waals surface area contributed by atoms with Gasteiger partial charge >= 0.3 is 0 Å². The van der Waals surface area contributed by atoms with E-state index in [1.165, 1.54) is 25.3 Å². The van der Waals surface area contributed by atoms with Crippen LogP contribution in [0.1, 0.15) is 23.2 Å². The Kier molecular flexibility index (Phi) is 3.47. The highest BCUT2D eigenvalue weighted by molar-refractivity contribution is 5.95. The number of amides is 1. The van der Waals surface area contributed by atoms with E-state index in [0.29, 0.717) is 0 Å². The third-order valence-corrected chi connectivity index (χ3v) is 2.93. The first-order chi connectivity index (χ1) is 8.65. The van der Waals surface area contributed by atoms with Crippen LogP contribution in [0.25, 0.3) is 0 Å². The Morgan fingerprint density at radius 2 is 2.33 bits per heavy atom. The van der Waals surface area contributed by atoms with Crippen LogP contribution < -0.4 is 10.1 Å². The number of methoxy groups -OCH3 is 1. The van der Waals surface area contributed by atoms with Crippen LogP contribution in [0, 0.1) is 23.1 Å². The van der Waals surface area contributed by atoms with Crippen molar-refractivity contribution >= 4 is 5.91 Å². The van der Waals surface area contributed by atoms with Crippen molar-refractivity contribution < 1.29 is 13.9 Å². The van der Waals surface area contributed by atoms with Crippen LogP contribution in [0.15, 0.2) is 18.2 Å². The van der Waals surface area contributed by atoms with Crippen molar-refractivity contribution in [3.63, 3.8) is 0 Å². The van der Waals surface area contributed by atoms with Gasteiger partial charge in [0.2, 0.25) is 0 Å². The fourth-order valence-corrected chi connectivity index (χ4v) is 1.71. The minimum absolute atomic E-state index is 0.0163. The highest BCUT2D eigenvalue weighted by Crippen LogP contribution is 2.32. The molecule has 0 aliphatic heterocycles. The van der Waals surface area contributed by atoms with E-state index in [-0.39, 0.29) is 23.1 Å². The minimum Gasteiger partial charge on any atom is -0.494 e. The number of halogens is 1. The summed E-state index contributed by atoms with van der Waals surface area (Å²) in [5.74, 6) is -0.635. The Morgan fingerprint density at radius 1 is 1.61 bits per heavy atom. The Bertz CT molecular complexity index is 506. The van der Waals surface area contributed by atoms with Crippen LogP contribution >= 0.6 is 0 Å². The van der Waals surface area contributed by atoms with E-state index >= 15 is 0 Å². The maximum absolute atomic E-state index is 13.2. The summed E-state index contributed by atoms with van der Waals surface area (Å²) >= 11 is 0. The normalized spacial score (nSPS) is 15.6. The highest BCUT2D eigenvalue weighted by Gasteiger charge is 2.32. The molecule has 0 heterocycles. The van der Waals surface area contributed by atoms with Gasteiger partial charge in [0.1, 0.15) is 6.04 Å². The van der Waals surface area contributed by atoms with E-state index in [4.69, 9.17) is 10.00 Å². The van der Waals surface area contributed by atoms with Gasteiger partial charge < -0.3 is 10.1 Å². The van der Waals surface area contributed by atoms with Gasteiger partial charge in [0.25, 0.3) is 5.91 Å². The van der Waals surface area contributed by atoms with Gasteiger partial charge in [0.15, 0.2) is 11.6 Å². The Hall–Kier alpha value is -2.09. The van der Waals surface area contributed by atoms with Crippen molar-refractivity contribution in [1.29, 1.82) is 5.26 Å². The molecule has 94 valence electrons. The molecule has 1 aliphatic rings. The molecule has 18 heavy (non-hydrogen) atoms. The fraction of sp³-hybridized carbons (Fsp3) is 0.385. The number of benzene rings is 1. The van der Waals surface area contributed by atoms with E-state index < -0.39 is 11.9 Å². The van der Waals surface area contributed by atoms with E-state index in [1.807, 2.05) is 0 Å². The number of nitriles is 1. The molecule has 0 saturated heterocycles. The summed E-state index contributed by atoms with van der Waals surface area (Å²) in [6.45, 7) is 0. The highest BCUT2D eigenvalue weighted by atomic mass is 19.1. The summed E-state index contributed by atoms with van der Waals surface area (Å²) in [6.07, 6.45) is 1.93. The van der Waals surface area contributed by atoms with Crippen molar-refractivity contribution in [1.82, 2.24) is 5.32 Å². The van der Waals surface area contributed by atoms with Crippen LogP contribution in [0.5, 0.6) is 5.75 Å². The number of hydrogen-bond donors (Lipinski definition) is 1. The average molecular weight is 248 g/mol. The number of carbonyl (C=O) groups is 1. The molecule has 0 radical (unpaired) electrons. The Morgan fingerprint density at radius 3 is 2.89 bits per heavy atom. The maximum atomic E-state index is 13.2. The zero-order valence-corrected chi connectivity index (χ0v) is 9.94. The van der Waals surface area contributed by atoms with Gasteiger partial charge in [0.05, 0.1) is 13.2 Å². The molecule has 1 aromatic carbocycles. The van der Waals surface area contributed by atoms with E-state index in [1.54, 1.807) is 0 Å². The van der Waals surface area contributed by atoms with Crippen molar-refractivity contribution in [2.45, 2.75) is 18.9 Å². The molecule has 1 aromatic rings. The predicted octanol–water partition coefficient (Wildman–Crippen LogP) is 1.87. The Labute approximate surface area is 104 Å². The SMILES string of the molecule is COc1cc(C(=O)NC(C#N)C2CC2)ccc1F. The lowest BCUT2D eigenvalue weighted by Crippen LogP contribution is -2.35. The molecule has 0 aromatic heterocycles. The maximum Gasteiger partial charge on any atom is 0.252 e. The number of ether oxygens (including phenoxy) is 1. The number of nitrogens with zero attached hydrogens (tertiary/aromatic N) is 1. The lowest BCUT2D eigenvalue weighted by atomic mass is 10.1. The molecule has 5 heteroatoms. The van der Waals surface area contributed by atoms with Crippen molar-refractivity contribution in [2.24, 2.45) is 5.92 Å². The second-order valence-electron chi connectivity index (χ2n) is 4.27. The predicted molar refractivity (Wildman–Crippen MR) is 62.5 cm³/mol. The summed E-state index contributed by atoms with van der Waals surface area (Å²) in [5, 5.41) is 11.6. The topological polar surface area (TPSA) is 62.1 Å². The standard InChI is InChI=1S/C13H13FN2O2/c1-18-12-6-9(4-5-10(12)14)13(17)16-11(7-15)8-2-3-8/h4-6,8,11H,2-3H2,1H3,(H,16,17). The zero-order chi connectivity index (χ0) is 13.1. The van der Waals surface area contributed by atoms with Gasteiger partial charge in [-0.25, -0.2) is 4.39 Å². The molecule has 1 N–H and O–H groups in total. The third-order valence-electron chi connectivity index (χ3n) is 2.93. The van der Waals surface area contributed by atoms with E-state index in [9.17, 15) is 9.18 Å². The summed E-state index contributed by atoms with van der Waals surface area (Å²) in [4.78, 5) is 11.9. The van der Waals surface area contributed by atoms with Gasteiger partial charge in [-0.15, -0.1) is 0 Å². The summed E-state index contributed by atoms with van der Waals surface area (Å²) in [7, 11) is 1.34. The second kappa shape index (κ2) is 5.05. The summed E-state index contributed by atoms with van der Waals surface area (Å²) in [5.41, 5.74) is 0.286. The lowest BCUT2D eigenvalue weighted by Gasteiger charge is -2.11. The monoisotopic (exact) mass is 248 g/mol. The molecular formula is C13H13FN2O2. The van der Waals surface area contributed by atoms with Gasteiger partial charge in [-0.05, 0) is 37.0 Å². The second-order valence-corrected chi connectivity index (χ2v) is 4.27. The molecule has 4 nitrogen and oxygen atoms in total. The van der Waals surface area contributed by atoms with Crippen molar-refractivity contribution in [3.8, 4) is 11.8 Å². The molecule has 1 saturated carbocycles. The molecule has 1 unspecified atom stereocenters. The minimum atomic E-state index is -0.520. The van der Waals surface area contributed by atoms with Crippen molar-refractivity contribution in [3.05, 3.63) is 29.6 Å². The smallest absolute Gasteiger partial charge is 0.252 e. The third kappa shape index (κ3) is 2.59. The fourth-order valence-electron chi connectivity index (χ4n) is 1.71. The van der Waals surface area contributed by atoms with Crippen LogP contribution in [0.4, 0.5) is 4.39 Å². The molecule has 0 bridgehead atoms.